The summed E-state index contributed by atoms with van der Waals surface area (Å²) in [6.07, 6.45) is 6.90. The van der Waals surface area contributed by atoms with Crippen molar-refractivity contribution in [3.05, 3.63) is 48.0 Å². The van der Waals surface area contributed by atoms with Crippen LogP contribution in [0.2, 0.25) is 0 Å². The van der Waals surface area contributed by atoms with Gasteiger partial charge in [-0.25, -0.2) is 0 Å². The number of benzene rings is 1. The minimum Gasteiger partial charge on any atom is -0.324 e. The number of hydrogen-bond acceptors (Lipinski definition) is 2. The van der Waals surface area contributed by atoms with Crippen LogP contribution in [0.25, 0.3) is 0 Å². The minimum atomic E-state index is 0.294. The summed E-state index contributed by atoms with van der Waals surface area (Å²) in [4.78, 5) is 2.60. The van der Waals surface area contributed by atoms with E-state index in [4.69, 9.17) is 5.73 Å². The van der Waals surface area contributed by atoms with Gasteiger partial charge in [-0.15, -0.1) is 0 Å². The van der Waals surface area contributed by atoms with E-state index in [1.165, 1.54) is 31.6 Å². The first kappa shape index (κ1) is 11.9. The zero-order valence-corrected chi connectivity index (χ0v) is 10.8. The van der Waals surface area contributed by atoms with E-state index in [1.54, 1.807) is 0 Å². The van der Waals surface area contributed by atoms with Crippen LogP contribution in [0.5, 0.6) is 0 Å². The van der Waals surface area contributed by atoms with E-state index in [-0.39, 0.29) is 0 Å². The maximum Gasteiger partial charge on any atom is 0.0229 e. The first-order chi connectivity index (χ1) is 8.81. The highest BCUT2D eigenvalue weighted by molar-refractivity contribution is 5.21. The Kier molecular flexibility index (Phi) is 3.48. The van der Waals surface area contributed by atoms with Crippen molar-refractivity contribution in [3.8, 4) is 0 Å². The maximum absolute atomic E-state index is 5.91. The first-order valence-electron chi connectivity index (χ1n) is 7.02. The lowest BCUT2D eigenvalue weighted by atomic mass is 9.99. The average Bonchev–Trinajstić information content (AvgIpc) is 3.01. The van der Waals surface area contributed by atoms with E-state index < -0.39 is 0 Å². The second kappa shape index (κ2) is 5.25. The predicted molar refractivity (Wildman–Crippen MR) is 75.5 cm³/mol. The van der Waals surface area contributed by atoms with Gasteiger partial charge in [-0.1, -0.05) is 42.5 Å². The van der Waals surface area contributed by atoms with Crippen LogP contribution in [0.1, 0.15) is 24.3 Å². The Bertz CT molecular complexity index is 412. The molecule has 1 heterocycles. The van der Waals surface area contributed by atoms with Gasteiger partial charge in [0.05, 0.1) is 0 Å². The molecule has 3 atom stereocenters. The molecule has 2 nitrogen and oxygen atoms in total. The third-order valence-electron chi connectivity index (χ3n) is 4.24. The van der Waals surface area contributed by atoms with Gasteiger partial charge in [0.2, 0.25) is 0 Å². The zero-order valence-electron chi connectivity index (χ0n) is 10.8. The van der Waals surface area contributed by atoms with Crippen LogP contribution in [0.15, 0.2) is 42.5 Å². The Morgan fingerprint density at radius 3 is 2.72 bits per heavy atom. The molecule has 18 heavy (non-hydrogen) atoms. The van der Waals surface area contributed by atoms with Gasteiger partial charge in [0, 0.05) is 19.1 Å². The van der Waals surface area contributed by atoms with E-state index in [2.05, 4.69) is 47.4 Å². The van der Waals surface area contributed by atoms with Gasteiger partial charge in [-0.3, -0.25) is 0 Å². The Morgan fingerprint density at radius 2 is 2.00 bits per heavy atom. The van der Waals surface area contributed by atoms with Gasteiger partial charge in [-0.2, -0.15) is 0 Å². The average molecular weight is 242 g/mol. The summed E-state index contributed by atoms with van der Waals surface area (Å²) >= 11 is 0. The van der Waals surface area contributed by atoms with Gasteiger partial charge in [0.25, 0.3) is 0 Å². The highest BCUT2D eigenvalue weighted by atomic mass is 15.1. The Balaban J connectivity index is 1.54. The van der Waals surface area contributed by atoms with Crippen LogP contribution in [0.4, 0.5) is 0 Å². The van der Waals surface area contributed by atoms with Crippen molar-refractivity contribution in [2.45, 2.75) is 24.8 Å². The lowest BCUT2D eigenvalue weighted by Crippen LogP contribution is -2.27. The van der Waals surface area contributed by atoms with Crippen LogP contribution in [0.3, 0.4) is 0 Å². The normalized spacial score (nSPS) is 32.2. The standard InChI is InChI=1S/C16H22N2/c17-16-7-6-13(10-16)11-18-9-8-15(12-18)14-4-2-1-3-5-14/h1-7,13,15-16H,8-12,17H2. The van der Waals surface area contributed by atoms with Gasteiger partial charge in [0.1, 0.15) is 0 Å². The van der Waals surface area contributed by atoms with Gasteiger partial charge in [-0.05, 0) is 36.8 Å². The highest BCUT2D eigenvalue weighted by Gasteiger charge is 2.26. The molecule has 96 valence electrons. The Morgan fingerprint density at radius 1 is 1.17 bits per heavy atom. The number of nitrogens with two attached hydrogens (primary N) is 1. The smallest absolute Gasteiger partial charge is 0.0229 e. The fourth-order valence-electron chi connectivity index (χ4n) is 3.27. The Hall–Kier alpha value is -1.12. The molecule has 2 N–H and O–H groups in total. The van der Waals surface area contributed by atoms with E-state index in [0.717, 1.165) is 12.3 Å². The predicted octanol–water partition coefficient (Wildman–Crippen LogP) is 2.38. The number of likely N-dealkylation sites (tertiary alicyclic amines) is 1. The molecule has 3 unspecified atom stereocenters. The molecule has 3 rings (SSSR count). The van der Waals surface area contributed by atoms with E-state index in [1.807, 2.05) is 0 Å². The van der Waals surface area contributed by atoms with Gasteiger partial charge >= 0.3 is 0 Å². The molecule has 1 aliphatic heterocycles. The summed E-state index contributed by atoms with van der Waals surface area (Å²) in [6, 6.07) is 11.2. The molecule has 0 saturated carbocycles. The van der Waals surface area contributed by atoms with Crippen molar-refractivity contribution < 1.29 is 0 Å². The summed E-state index contributed by atoms with van der Waals surface area (Å²) in [6.45, 7) is 3.64. The molecular formula is C16H22N2. The summed E-state index contributed by atoms with van der Waals surface area (Å²) in [7, 11) is 0. The summed E-state index contributed by atoms with van der Waals surface area (Å²) in [5.74, 6) is 1.40. The molecule has 2 heteroatoms. The van der Waals surface area contributed by atoms with Crippen LogP contribution >= 0.6 is 0 Å². The van der Waals surface area contributed by atoms with Gasteiger partial charge < -0.3 is 10.6 Å². The minimum absolute atomic E-state index is 0.294. The second-order valence-electron chi connectivity index (χ2n) is 5.70. The fourth-order valence-corrected chi connectivity index (χ4v) is 3.27. The van der Waals surface area contributed by atoms with E-state index in [9.17, 15) is 0 Å². The molecule has 0 bridgehead atoms. The molecule has 2 aliphatic rings. The molecule has 1 aromatic carbocycles. The zero-order chi connectivity index (χ0) is 12.4. The molecule has 1 aromatic rings. The topological polar surface area (TPSA) is 29.3 Å². The SMILES string of the molecule is NC1C=CC(CN2CCC(c3ccccc3)C2)C1. The summed E-state index contributed by atoms with van der Waals surface area (Å²) in [5, 5.41) is 0. The molecule has 0 amide bonds. The fraction of sp³-hybridized carbons (Fsp3) is 0.500. The maximum atomic E-state index is 5.91. The van der Waals surface area contributed by atoms with Crippen molar-refractivity contribution >= 4 is 0 Å². The van der Waals surface area contributed by atoms with E-state index >= 15 is 0 Å². The highest BCUT2D eigenvalue weighted by Crippen LogP contribution is 2.28. The van der Waals surface area contributed by atoms with Crippen molar-refractivity contribution in [1.82, 2.24) is 4.90 Å². The van der Waals surface area contributed by atoms with Crippen LogP contribution in [-0.2, 0) is 0 Å². The quantitative estimate of drug-likeness (QED) is 0.825. The molecular weight excluding hydrogens is 220 g/mol. The summed E-state index contributed by atoms with van der Waals surface area (Å²) < 4.78 is 0. The van der Waals surface area contributed by atoms with Crippen molar-refractivity contribution in [1.29, 1.82) is 0 Å². The lowest BCUT2D eigenvalue weighted by molar-refractivity contribution is 0.295. The van der Waals surface area contributed by atoms with Crippen molar-refractivity contribution in [2.75, 3.05) is 19.6 Å². The number of rotatable bonds is 3. The number of hydrogen-bond donors (Lipinski definition) is 1. The van der Waals surface area contributed by atoms with Crippen LogP contribution in [0, 0.1) is 5.92 Å². The summed E-state index contributed by atoms with van der Waals surface area (Å²) in [5.41, 5.74) is 7.41. The van der Waals surface area contributed by atoms with Gasteiger partial charge in [0.15, 0.2) is 0 Å². The second-order valence-corrected chi connectivity index (χ2v) is 5.70. The van der Waals surface area contributed by atoms with Crippen molar-refractivity contribution in [2.24, 2.45) is 11.7 Å². The molecule has 0 radical (unpaired) electrons. The molecule has 1 saturated heterocycles. The molecule has 0 aromatic heterocycles. The first-order valence-corrected chi connectivity index (χ1v) is 7.02. The third kappa shape index (κ3) is 2.65. The largest absolute Gasteiger partial charge is 0.324 e. The monoisotopic (exact) mass is 242 g/mol. The number of nitrogens with zero attached hydrogens (tertiary/aromatic N) is 1. The molecule has 1 fully saturated rings. The third-order valence-corrected chi connectivity index (χ3v) is 4.24. The Labute approximate surface area is 109 Å². The van der Waals surface area contributed by atoms with Crippen molar-refractivity contribution in [3.63, 3.8) is 0 Å². The van der Waals surface area contributed by atoms with Crippen LogP contribution < -0.4 is 5.73 Å². The molecule has 0 spiro atoms. The van der Waals surface area contributed by atoms with E-state index in [0.29, 0.717) is 12.0 Å². The van der Waals surface area contributed by atoms with Crippen LogP contribution in [-0.4, -0.2) is 30.6 Å². The lowest BCUT2D eigenvalue weighted by Gasteiger charge is -2.20. The molecule has 1 aliphatic carbocycles.